The monoisotopic (exact) mass is 300 g/mol. The van der Waals surface area contributed by atoms with E-state index in [2.05, 4.69) is 23.7 Å². The van der Waals surface area contributed by atoms with Gasteiger partial charge in [0.2, 0.25) is 0 Å². The van der Waals surface area contributed by atoms with E-state index in [4.69, 9.17) is 10.7 Å². The Kier molecular flexibility index (Phi) is 3.50. The molecule has 4 rings (SSSR count). The van der Waals surface area contributed by atoms with E-state index in [1.54, 1.807) is 0 Å². The molecule has 0 bridgehead atoms. The Bertz CT molecular complexity index is 554. The number of hydrogen-bond acceptors (Lipinski definition) is 4. The van der Waals surface area contributed by atoms with Crippen LogP contribution >= 0.6 is 0 Å². The number of hydrogen-bond donors (Lipinski definition) is 1. The van der Waals surface area contributed by atoms with Crippen LogP contribution in [0.4, 0.5) is 11.6 Å². The minimum absolute atomic E-state index is 0.564. The molecule has 0 aliphatic heterocycles. The van der Waals surface area contributed by atoms with Crippen LogP contribution in [0, 0.1) is 12.8 Å². The van der Waals surface area contributed by atoms with Gasteiger partial charge in [-0.1, -0.05) is 6.92 Å². The van der Waals surface area contributed by atoms with Crippen molar-refractivity contribution in [3.63, 3.8) is 0 Å². The Hall–Kier alpha value is -1.32. The van der Waals surface area contributed by atoms with E-state index < -0.39 is 0 Å². The van der Waals surface area contributed by atoms with E-state index in [1.165, 1.54) is 51.4 Å². The number of nitrogens with zero attached hydrogens (tertiary/aromatic N) is 3. The molecule has 4 nitrogen and oxygen atoms in total. The molecular weight excluding hydrogens is 272 g/mol. The predicted octanol–water partition coefficient (Wildman–Crippen LogP) is 3.79. The molecule has 1 heterocycles. The van der Waals surface area contributed by atoms with Crippen LogP contribution in [0.25, 0.3) is 0 Å². The van der Waals surface area contributed by atoms with Crippen molar-refractivity contribution in [3.05, 3.63) is 11.4 Å². The maximum absolute atomic E-state index is 6.22. The second-order valence-corrected chi connectivity index (χ2v) is 7.74. The SMILES string of the molecule is Cc1c(N)nc(C2CC2)nc1N(C1CCC(C)CC1)C1CC1. The van der Waals surface area contributed by atoms with Gasteiger partial charge in [0.25, 0.3) is 0 Å². The molecule has 2 N–H and O–H groups in total. The molecule has 3 aliphatic rings. The topological polar surface area (TPSA) is 55.0 Å². The first-order valence-corrected chi connectivity index (χ1v) is 9.06. The summed E-state index contributed by atoms with van der Waals surface area (Å²) >= 11 is 0. The van der Waals surface area contributed by atoms with Crippen molar-refractivity contribution in [1.82, 2.24) is 9.97 Å². The summed E-state index contributed by atoms with van der Waals surface area (Å²) in [7, 11) is 0. The molecule has 0 saturated heterocycles. The molecule has 0 spiro atoms. The van der Waals surface area contributed by atoms with Crippen molar-refractivity contribution >= 4 is 11.6 Å². The average Bonchev–Trinajstić information content (AvgIpc) is 3.38. The molecule has 3 fully saturated rings. The van der Waals surface area contributed by atoms with Gasteiger partial charge < -0.3 is 10.6 Å². The minimum atomic E-state index is 0.564. The molecule has 0 amide bonds. The van der Waals surface area contributed by atoms with Gasteiger partial charge in [0.15, 0.2) is 0 Å². The molecule has 0 atom stereocenters. The quantitative estimate of drug-likeness (QED) is 0.919. The molecule has 4 heteroatoms. The fraction of sp³-hybridized carbons (Fsp3) is 0.778. The van der Waals surface area contributed by atoms with Crippen LogP contribution in [0.3, 0.4) is 0 Å². The van der Waals surface area contributed by atoms with Gasteiger partial charge in [-0.25, -0.2) is 9.97 Å². The Morgan fingerprint density at radius 2 is 1.50 bits per heavy atom. The van der Waals surface area contributed by atoms with Gasteiger partial charge in [-0.3, -0.25) is 0 Å². The van der Waals surface area contributed by atoms with Crippen LogP contribution in [0.15, 0.2) is 0 Å². The highest BCUT2D eigenvalue weighted by Crippen LogP contribution is 2.43. The second-order valence-electron chi connectivity index (χ2n) is 7.74. The lowest BCUT2D eigenvalue weighted by Crippen LogP contribution is -2.41. The largest absolute Gasteiger partial charge is 0.383 e. The van der Waals surface area contributed by atoms with Crippen molar-refractivity contribution in [3.8, 4) is 0 Å². The smallest absolute Gasteiger partial charge is 0.137 e. The van der Waals surface area contributed by atoms with Gasteiger partial charge in [0.05, 0.1) is 0 Å². The number of aromatic nitrogens is 2. The third-order valence-electron chi connectivity index (χ3n) is 5.68. The summed E-state index contributed by atoms with van der Waals surface area (Å²) in [6.45, 7) is 4.49. The van der Waals surface area contributed by atoms with E-state index in [0.717, 1.165) is 23.1 Å². The average molecular weight is 300 g/mol. The zero-order valence-corrected chi connectivity index (χ0v) is 13.9. The fourth-order valence-electron chi connectivity index (χ4n) is 3.83. The lowest BCUT2D eigenvalue weighted by molar-refractivity contribution is 0.331. The van der Waals surface area contributed by atoms with Crippen LogP contribution in [0.1, 0.15) is 75.6 Å². The molecule has 3 aliphatic carbocycles. The predicted molar refractivity (Wildman–Crippen MR) is 90.1 cm³/mol. The van der Waals surface area contributed by atoms with Crippen LogP contribution < -0.4 is 10.6 Å². The summed E-state index contributed by atoms with van der Waals surface area (Å²) in [6, 6.07) is 1.35. The van der Waals surface area contributed by atoms with E-state index >= 15 is 0 Å². The number of nitrogen functional groups attached to an aromatic ring is 1. The van der Waals surface area contributed by atoms with Gasteiger partial charge in [-0.2, -0.15) is 0 Å². The maximum Gasteiger partial charge on any atom is 0.137 e. The summed E-state index contributed by atoms with van der Waals surface area (Å²) in [6.07, 6.45) is 10.4. The molecule has 120 valence electrons. The van der Waals surface area contributed by atoms with Crippen molar-refractivity contribution in [2.24, 2.45) is 5.92 Å². The third kappa shape index (κ3) is 2.68. The maximum atomic E-state index is 6.22. The van der Waals surface area contributed by atoms with Crippen molar-refractivity contribution < 1.29 is 0 Å². The van der Waals surface area contributed by atoms with Gasteiger partial charge in [0, 0.05) is 23.6 Å². The summed E-state index contributed by atoms with van der Waals surface area (Å²) in [4.78, 5) is 12.2. The molecule has 0 radical (unpaired) electrons. The van der Waals surface area contributed by atoms with E-state index in [-0.39, 0.29) is 0 Å². The molecule has 3 saturated carbocycles. The van der Waals surface area contributed by atoms with Crippen LogP contribution in [-0.4, -0.2) is 22.1 Å². The van der Waals surface area contributed by atoms with E-state index in [9.17, 15) is 0 Å². The van der Waals surface area contributed by atoms with Crippen LogP contribution in [0.5, 0.6) is 0 Å². The highest BCUT2D eigenvalue weighted by Gasteiger charge is 2.38. The minimum Gasteiger partial charge on any atom is -0.383 e. The summed E-state index contributed by atoms with van der Waals surface area (Å²) in [5, 5.41) is 0. The summed E-state index contributed by atoms with van der Waals surface area (Å²) < 4.78 is 0. The molecule has 22 heavy (non-hydrogen) atoms. The number of rotatable bonds is 4. The summed E-state index contributed by atoms with van der Waals surface area (Å²) in [5.74, 6) is 4.29. The normalized spacial score (nSPS) is 28.6. The first-order valence-electron chi connectivity index (χ1n) is 9.06. The zero-order chi connectivity index (χ0) is 15.3. The van der Waals surface area contributed by atoms with Crippen molar-refractivity contribution in [2.45, 2.75) is 83.2 Å². The van der Waals surface area contributed by atoms with Gasteiger partial charge in [-0.05, 0) is 64.2 Å². The Balaban J connectivity index is 1.67. The molecule has 0 unspecified atom stereocenters. The van der Waals surface area contributed by atoms with Gasteiger partial charge in [-0.15, -0.1) is 0 Å². The third-order valence-corrected chi connectivity index (χ3v) is 5.68. The van der Waals surface area contributed by atoms with Crippen LogP contribution in [0.2, 0.25) is 0 Å². The van der Waals surface area contributed by atoms with Crippen LogP contribution in [-0.2, 0) is 0 Å². The van der Waals surface area contributed by atoms with Crippen molar-refractivity contribution in [2.75, 3.05) is 10.6 Å². The van der Waals surface area contributed by atoms with Gasteiger partial charge in [0.1, 0.15) is 17.5 Å². The highest BCUT2D eigenvalue weighted by molar-refractivity contribution is 5.58. The Morgan fingerprint density at radius 1 is 0.909 bits per heavy atom. The second kappa shape index (κ2) is 5.39. The van der Waals surface area contributed by atoms with Gasteiger partial charge >= 0.3 is 0 Å². The standard InChI is InChI=1S/C18H28N4/c1-11-3-7-14(8-4-11)22(15-9-10-15)18-12(2)16(19)20-17(21-18)13-5-6-13/h11,13-15H,3-10H2,1-2H3,(H2,19,20,21). The number of nitrogens with two attached hydrogens (primary N) is 1. The Morgan fingerprint density at radius 3 is 2.05 bits per heavy atom. The van der Waals surface area contributed by atoms with Crippen molar-refractivity contribution in [1.29, 1.82) is 0 Å². The first-order chi connectivity index (χ1) is 10.6. The number of anilines is 2. The molecule has 1 aromatic rings. The highest BCUT2D eigenvalue weighted by atomic mass is 15.3. The lowest BCUT2D eigenvalue weighted by atomic mass is 9.86. The van der Waals surface area contributed by atoms with E-state index in [0.29, 0.717) is 23.8 Å². The summed E-state index contributed by atoms with van der Waals surface area (Å²) in [5.41, 5.74) is 7.31. The van der Waals surface area contributed by atoms with E-state index in [1.807, 2.05) is 0 Å². The molecule has 1 aromatic heterocycles. The molecule has 0 aromatic carbocycles. The zero-order valence-electron chi connectivity index (χ0n) is 13.9. The lowest BCUT2D eigenvalue weighted by Gasteiger charge is -2.38. The Labute approximate surface area is 133 Å². The fourth-order valence-corrected chi connectivity index (χ4v) is 3.83. The molecular formula is C18H28N4. The first kappa shape index (κ1) is 14.3.